The quantitative estimate of drug-likeness (QED) is 0.775. The van der Waals surface area contributed by atoms with Crippen molar-refractivity contribution in [3.8, 4) is 0 Å². The summed E-state index contributed by atoms with van der Waals surface area (Å²) in [5, 5.41) is 10.8. The fourth-order valence-corrected chi connectivity index (χ4v) is 2.68. The second-order valence-corrected chi connectivity index (χ2v) is 5.76. The number of carbonyl (C=O) groups excluding carboxylic acids is 1. The maximum Gasteiger partial charge on any atom is 0.315 e. The molecule has 7 heteroatoms. The van der Waals surface area contributed by atoms with Crippen LogP contribution in [0.5, 0.6) is 0 Å². The van der Waals surface area contributed by atoms with Gasteiger partial charge in [-0.3, -0.25) is 0 Å². The van der Waals surface area contributed by atoms with E-state index in [9.17, 15) is 4.79 Å². The van der Waals surface area contributed by atoms with Gasteiger partial charge in [0.05, 0.1) is 18.4 Å². The van der Waals surface area contributed by atoms with Crippen molar-refractivity contribution in [2.75, 3.05) is 0 Å². The van der Waals surface area contributed by atoms with Crippen molar-refractivity contribution in [2.45, 2.75) is 20.0 Å². The molecule has 2 N–H and O–H groups in total. The molecule has 0 unspecified atom stereocenters. The maximum absolute atomic E-state index is 11.7. The standard InChI is InChI=1S/C14H15N5OS/c1-10-18-19-9-12(17-14(19)21-10)8-16-13(20)15-7-11-5-3-2-4-6-11/h2-6,9H,7-8H2,1H3,(H2,15,16,20). The van der Waals surface area contributed by atoms with E-state index >= 15 is 0 Å². The molecular weight excluding hydrogens is 286 g/mol. The highest BCUT2D eigenvalue weighted by molar-refractivity contribution is 7.16. The monoisotopic (exact) mass is 301 g/mol. The number of amides is 2. The fourth-order valence-electron chi connectivity index (χ4n) is 1.94. The van der Waals surface area contributed by atoms with Crippen molar-refractivity contribution in [1.29, 1.82) is 0 Å². The van der Waals surface area contributed by atoms with Crippen LogP contribution in [0, 0.1) is 6.92 Å². The zero-order chi connectivity index (χ0) is 14.7. The number of benzene rings is 1. The van der Waals surface area contributed by atoms with Crippen LogP contribution >= 0.6 is 11.3 Å². The van der Waals surface area contributed by atoms with Gasteiger partial charge >= 0.3 is 6.03 Å². The second kappa shape index (κ2) is 5.92. The van der Waals surface area contributed by atoms with E-state index in [-0.39, 0.29) is 6.03 Å². The number of urea groups is 1. The number of carbonyl (C=O) groups is 1. The van der Waals surface area contributed by atoms with Crippen LogP contribution in [-0.4, -0.2) is 20.6 Å². The molecule has 0 aliphatic heterocycles. The summed E-state index contributed by atoms with van der Waals surface area (Å²) in [6, 6.07) is 9.57. The Labute approximate surface area is 125 Å². The van der Waals surface area contributed by atoms with Gasteiger partial charge in [-0.25, -0.2) is 14.3 Å². The third kappa shape index (κ3) is 3.38. The van der Waals surface area contributed by atoms with Crippen molar-refractivity contribution in [2.24, 2.45) is 0 Å². The van der Waals surface area contributed by atoms with Crippen molar-refractivity contribution in [1.82, 2.24) is 25.2 Å². The van der Waals surface area contributed by atoms with Crippen molar-refractivity contribution < 1.29 is 4.79 Å². The van der Waals surface area contributed by atoms with E-state index in [4.69, 9.17) is 0 Å². The lowest BCUT2D eigenvalue weighted by Crippen LogP contribution is -2.34. The first-order chi connectivity index (χ1) is 10.2. The minimum absolute atomic E-state index is 0.209. The summed E-state index contributed by atoms with van der Waals surface area (Å²) in [5.41, 5.74) is 1.86. The van der Waals surface area contributed by atoms with Crippen LogP contribution in [0.2, 0.25) is 0 Å². The molecule has 0 atom stereocenters. The number of nitrogens with zero attached hydrogens (tertiary/aromatic N) is 3. The molecule has 0 fully saturated rings. The van der Waals surface area contributed by atoms with Gasteiger partial charge in [0.1, 0.15) is 5.01 Å². The van der Waals surface area contributed by atoms with Gasteiger partial charge < -0.3 is 10.6 Å². The van der Waals surface area contributed by atoms with Crippen LogP contribution in [0.25, 0.3) is 4.96 Å². The molecule has 3 rings (SSSR count). The summed E-state index contributed by atoms with van der Waals surface area (Å²) in [4.78, 5) is 17.0. The minimum atomic E-state index is -0.209. The summed E-state index contributed by atoms with van der Waals surface area (Å²) in [6.45, 7) is 2.83. The Balaban J connectivity index is 1.50. The van der Waals surface area contributed by atoms with E-state index in [2.05, 4.69) is 20.7 Å². The summed E-state index contributed by atoms with van der Waals surface area (Å²) in [7, 11) is 0. The molecule has 0 saturated carbocycles. The molecule has 0 aliphatic carbocycles. The molecule has 21 heavy (non-hydrogen) atoms. The average molecular weight is 301 g/mol. The molecule has 108 valence electrons. The van der Waals surface area contributed by atoms with E-state index < -0.39 is 0 Å². The van der Waals surface area contributed by atoms with E-state index in [1.165, 1.54) is 11.3 Å². The van der Waals surface area contributed by atoms with Crippen LogP contribution < -0.4 is 10.6 Å². The molecule has 2 aromatic heterocycles. The van der Waals surface area contributed by atoms with Crippen LogP contribution in [0.4, 0.5) is 4.79 Å². The third-order valence-corrected chi connectivity index (χ3v) is 3.76. The highest BCUT2D eigenvalue weighted by atomic mass is 32.1. The highest BCUT2D eigenvalue weighted by Gasteiger charge is 2.07. The molecule has 1 aromatic carbocycles. The van der Waals surface area contributed by atoms with Gasteiger partial charge in [-0.1, -0.05) is 41.7 Å². The lowest BCUT2D eigenvalue weighted by Gasteiger charge is -2.06. The van der Waals surface area contributed by atoms with E-state index in [0.717, 1.165) is 21.2 Å². The van der Waals surface area contributed by atoms with Crippen molar-refractivity contribution >= 4 is 22.3 Å². The Kier molecular flexibility index (Phi) is 3.83. The predicted octanol–water partition coefficient (Wildman–Crippen LogP) is 2.10. The average Bonchev–Trinajstić information content (AvgIpc) is 3.01. The third-order valence-electron chi connectivity index (χ3n) is 2.92. The van der Waals surface area contributed by atoms with Crippen molar-refractivity contribution in [3.05, 3.63) is 52.8 Å². The van der Waals surface area contributed by atoms with E-state index in [1.807, 2.05) is 43.5 Å². The van der Waals surface area contributed by atoms with E-state index in [1.54, 1.807) is 4.52 Å². The molecule has 2 heterocycles. The topological polar surface area (TPSA) is 71.3 Å². The van der Waals surface area contributed by atoms with Gasteiger partial charge in [0.25, 0.3) is 0 Å². The van der Waals surface area contributed by atoms with Crippen LogP contribution in [0.3, 0.4) is 0 Å². The predicted molar refractivity (Wildman–Crippen MR) is 81.1 cm³/mol. The number of hydrogen-bond donors (Lipinski definition) is 2. The smallest absolute Gasteiger partial charge is 0.315 e. The summed E-state index contributed by atoms with van der Waals surface area (Å²) < 4.78 is 1.74. The first-order valence-corrected chi connectivity index (χ1v) is 7.40. The molecule has 3 aromatic rings. The van der Waals surface area contributed by atoms with Gasteiger partial charge in [0.15, 0.2) is 0 Å². The summed E-state index contributed by atoms with van der Waals surface area (Å²) in [5.74, 6) is 0. The summed E-state index contributed by atoms with van der Waals surface area (Å²) in [6.07, 6.45) is 1.83. The lowest BCUT2D eigenvalue weighted by molar-refractivity contribution is 0.240. The molecule has 0 radical (unpaired) electrons. The number of fused-ring (bicyclic) bond motifs is 1. The van der Waals surface area contributed by atoms with E-state index in [0.29, 0.717) is 13.1 Å². The largest absolute Gasteiger partial charge is 0.334 e. The molecule has 0 bridgehead atoms. The lowest BCUT2D eigenvalue weighted by atomic mass is 10.2. The Hall–Kier alpha value is -2.41. The number of aryl methyl sites for hydroxylation is 1. The Morgan fingerprint density at radius 2 is 2.00 bits per heavy atom. The minimum Gasteiger partial charge on any atom is -0.334 e. The first-order valence-electron chi connectivity index (χ1n) is 6.58. The normalized spacial score (nSPS) is 10.7. The summed E-state index contributed by atoms with van der Waals surface area (Å²) >= 11 is 1.53. The highest BCUT2D eigenvalue weighted by Crippen LogP contribution is 2.13. The SMILES string of the molecule is Cc1nn2cc(CNC(=O)NCc3ccccc3)nc2s1. The number of aromatic nitrogens is 3. The Bertz CT molecular complexity index is 718. The van der Waals surface area contributed by atoms with Gasteiger partial charge in [0, 0.05) is 6.54 Å². The Morgan fingerprint density at radius 1 is 1.24 bits per heavy atom. The number of hydrogen-bond acceptors (Lipinski definition) is 4. The second-order valence-electron chi connectivity index (χ2n) is 4.60. The molecule has 0 aliphatic rings. The molecule has 0 spiro atoms. The molecular formula is C14H15N5OS. The Morgan fingerprint density at radius 3 is 2.76 bits per heavy atom. The van der Waals surface area contributed by atoms with Gasteiger partial charge in [-0.05, 0) is 12.5 Å². The van der Waals surface area contributed by atoms with Crippen molar-refractivity contribution in [3.63, 3.8) is 0 Å². The molecule has 6 nitrogen and oxygen atoms in total. The number of imidazole rings is 1. The molecule has 0 saturated heterocycles. The molecule has 2 amide bonds. The van der Waals surface area contributed by atoms with Crippen LogP contribution in [0.1, 0.15) is 16.3 Å². The zero-order valence-electron chi connectivity index (χ0n) is 11.5. The maximum atomic E-state index is 11.7. The van der Waals surface area contributed by atoms with Gasteiger partial charge in [-0.15, -0.1) is 0 Å². The van der Waals surface area contributed by atoms with Crippen LogP contribution in [0.15, 0.2) is 36.5 Å². The zero-order valence-corrected chi connectivity index (χ0v) is 12.4. The van der Waals surface area contributed by atoms with Gasteiger partial charge in [0.2, 0.25) is 4.96 Å². The number of rotatable bonds is 4. The van der Waals surface area contributed by atoms with Gasteiger partial charge in [-0.2, -0.15) is 5.10 Å². The van der Waals surface area contributed by atoms with Crippen LogP contribution in [-0.2, 0) is 13.1 Å². The first kappa shape index (κ1) is 13.6. The number of nitrogens with one attached hydrogen (secondary N) is 2. The fraction of sp³-hybridized carbons (Fsp3) is 0.214.